The average Bonchev–Trinajstić information content (AvgIpc) is 2.89. The molecule has 1 unspecified atom stereocenters. The van der Waals surface area contributed by atoms with Crippen LogP contribution in [0.25, 0.3) is 11.4 Å². The van der Waals surface area contributed by atoms with Crippen LogP contribution in [0.4, 0.5) is 4.39 Å². The third kappa shape index (κ3) is 3.39. The number of hydrogen-bond donors (Lipinski definition) is 1. The summed E-state index contributed by atoms with van der Waals surface area (Å²) < 4.78 is 18.8. The largest absolute Gasteiger partial charge is 0.339 e. The molecule has 1 heterocycles. The van der Waals surface area contributed by atoms with Gasteiger partial charge in [-0.25, -0.2) is 4.39 Å². The van der Waals surface area contributed by atoms with Gasteiger partial charge in [0.25, 0.3) is 0 Å². The summed E-state index contributed by atoms with van der Waals surface area (Å²) in [5.41, 5.74) is 6.19. The molecule has 0 amide bonds. The van der Waals surface area contributed by atoms with Gasteiger partial charge in [0.1, 0.15) is 5.82 Å². The molecule has 4 nitrogen and oxygen atoms in total. The van der Waals surface area contributed by atoms with Crippen molar-refractivity contribution in [1.82, 2.24) is 10.1 Å². The van der Waals surface area contributed by atoms with E-state index in [1.165, 1.54) is 6.07 Å². The summed E-state index contributed by atoms with van der Waals surface area (Å²) in [5, 5.41) is 3.93. The smallest absolute Gasteiger partial charge is 0.229 e. The fourth-order valence-corrected chi connectivity index (χ4v) is 2.11. The van der Waals surface area contributed by atoms with Gasteiger partial charge in [-0.05, 0) is 53.5 Å². The Kier molecular flexibility index (Phi) is 4.66. The van der Waals surface area contributed by atoms with Crippen molar-refractivity contribution in [3.63, 3.8) is 0 Å². The molecule has 2 rings (SSSR count). The molecule has 0 bridgehead atoms. The Morgan fingerprint density at radius 2 is 2.26 bits per heavy atom. The average molecular weight is 328 g/mol. The number of benzene rings is 1. The normalized spacial score (nSPS) is 12.6. The van der Waals surface area contributed by atoms with Gasteiger partial charge in [0.2, 0.25) is 11.7 Å². The van der Waals surface area contributed by atoms with Gasteiger partial charge >= 0.3 is 0 Å². The molecule has 0 aliphatic rings. The molecule has 1 aromatic heterocycles. The van der Waals surface area contributed by atoms with Gasteiger partial charge < -0.3 is 10.3 Å². The molecule has 1 atom stereocenters. The van der Waals surface area contributed by atoms with Crippen LogP contribution in [0.2, 0.25) is 0 Å². The molecule has 0 aliphatic carbocycles. The predicted octanol–water partition coefficient (Wildman–Crippen LogP) is 3.48. The molecular formula is C13H15BrFN3O. The molecule has 102 valence electrons. The molecule has 0 spiro atoms. The number of nitrogens with zero attached hydrogens (tertiary/aromatic N) is 2. The Morgan fingerprint density at radius 1 is 1.47 bits per heavy atom. The van der Waals surface area contributed by atoms with E-state index >= 15 is 0 Å². The summed E-state index contributed by atoms with van der Waals surface area (Å²) in [4.78, 5) is 4.34. The minimum atomic E-state index is -0.316. The third-order valence-corrected chi connectivity index (χ3v) is 3.49. The molecule has 6 heteroatoms. The van der Waals surface area contributed by atoms with E-state index in [0.717, 1.165) is 12.8 Å². The van der Waals surface area contributed by atoms with E-state index < -0.39 is 0 Å². The van der Waals surface area contributed by atoms with Crippen LogP contribution >= 0.6 is 15.9 Å². The molecule has 0 saturated heterocycles. The molecular weight excluding hydrogens is 313 g/mol. The maximum atomic E-state index is 13.2. The van der Waals surface area contributed by atoms with Gasteiger partial charge in [0, 0.05) is 11.5 Å². The zero-order valence-corrected chi connectivity index (χ0v) is 12.2. The van der Waals surface area contributed by atoms with Gasteiger partial charge in [-0.15, -0.1) is 0 Å². The second-order valence-corrected chi connectivity index (χ2v) is 5.27. The van der Waals surface area contributed by atoms with Gasteiger partial charge in [-0.2, -0.15) is 4.98 Å². The van der Waals surface area contributed by atoms with Crippen molar-refractivity contribution in [2.75, 3.05) is 6.54 Å². The Bertz CT molecular complexity index is 559. The maximum absolute atomic E-state index is 13.2. The number of aromatic nitrogens is 2. The fraction of sp³-hybridized carbons (Fsp3) is 0.385. The second kappa shape index (κ2) is 6.25. The van der Waals surface area contributed by atoms with Gasteiger partial charge in [-0.3, -0.25) is 0 Å². The summed E-state index contributed by atoms with van der Waals surface area (Å²) in [5.74, 6) is 0.914. The summed E-state index contributed by atoms with van der Waals surface area (Å²) in [6, 6.07) is 4.63. The van der Waals surface area contributed by atoms with Crippen LogP contribution in [0, 0.1) is 5.82 Å². The summed E-state index contributed by atoms with van der Waals surface area (Å²) in [6.45, 7) is 2.67. The van der Waals surface area contributed by atoms with Crippen molar-refractivity contribution < 1.29 is 8.91 Å². The molecule has 0 radical (unpaired) electrons. The molecule has 1 aromatic carbocycles. The van der Waals surface area contributed by atoms with E-state index in [9.17, 15) is 4.39 Å². The van der Waals surface area contributed by atoms with E-state index in [-0.39, 0.29) is 11.7 Å². The monoisotopic (exact) mass is 327 g/mol. The van der Waals surface area contributed by atoms with Crippen molar-refractivity contribution in [3.8, 4) is 11.4 Å². The quantitative estimate of drug-likeness (QED) is 0.913. The standard InChI is InChI=1S/C13H15BrFN3O/c1-8(3-2-6-16)13-17-12(18-19-13)9-4-5-11(15)10(14)7-9/h4-5,7-8H,2-3,6,16H2,1H3. The van der Waals surface area contributed by atoms with Crippen LogP contribution in [0.5, 0.6) is 0 Å². The van der Waals surface area contributed by atoms with Crippen molar-refractivity contribution >= 4 is 15.9 Å². The summed E-state index contributed by atoms with van der Waals surface area (Å²) in [7, 11) is 0. The lowest BCUT2D eigenvalue weighted by molar-refractivity contribution is 0.352. The highest BCUT2D eigenvalue weighted by Crippen LogP contribution is 2.25. The predicted molar refractivity (Wildman–Crippen MR) is 74.1 cm³/mol. The molecule has 2 aromatic rings. The van der Waals surface area contributed by atoms with Crippen LogP contribution in [0.3, 0.4) is 0 Å². The minimum absolute atomic E-state index is 0.175. The summed E-state index contributed by atoms with van der Waals surface area (Å²) >= 11 is 3.14. The topological polar surface area (TPSA) is 64.9 Å². The van der Waals surface area contributed by atoms with Crippen LogP contribution in [0.15, 0.2) is 27.2 Å². The molecule has 2 N–H and O–H groups in total. The van der Waals surface area contributed by atoms with Crippen molar-refractivity contribution in [2.24, 2.45) is 5.73 Å². The fourth-order valence-electron chi connectivity index (χ4n) is 1.74. The number of nitrogens with two attached hydrogens (primary N) is 1. The Morgan fingerprint density at radius 3 is 2.95 bits per heavy atom. The van der Waals surface area contributed by atoms with Crippen LogP contribution in [-0.4, -0.2) is 16.7 Å². The summed E-state index contributed by atoms with van der Waals surface area (Å²) in [6.07, 6.45) is 1.83. The first-order valence-electron chi connectivity index (χ1n) is 6.11. The van der Waals surface area contributed by atoms with E-state index in [1.807, 2.05) is 6.92 Å². The zero-order chi connectivity index (χ0) is 13.8. The Hall–Kier alpha value is -1.27. The minimum Gasteiger partial charge on any atom is -0.339 e. The van der Waals surface area contributed by atoms with Crippen LogP contribution < -0.4 is 5.73 Å². The Balaban J connectivity index is 2.18. The lowest BCUT2D eigenvalue weighted by Gasteiger charge is -2.03. The Labute approximate surface area is 119 Å². The van der Waals surface area contributed by atoms with Crippen LogP contribution in [-0.2, 0) is 0 Å². The molecule has 19 heavy (non-hydrogen) atoms. The molecule has 0 aliphatic heterocycles. The number of halogens is 2. The first-order valence-corrected chi connectivity index (χ1v) is 6.90. The first-order chi connectivity index (χ1) is 9.11. The van der Waals surface area contributed by atoms with E-state index in [4.69, 9.17) is 10.3 Å². The van der Waals surface area contributed by atoms with Gasteiger partial charge in [-0.1, -0.05) is 12.1 Å². The van der Waals surface area contributed by atoms with Crippen LogP contribution in [0.1, 0.15) is 31.6 Å². The number of hydrogen-bond acceptors (Lipinski definition) is 4. The third-order valence-electron chi connectivity index (χ3n) is 2.88. The van der Waals surface area contributed by atoms with E-state index in [0.29, 0.717) is 28.3 Å². The van der Waals surface area contributed by atoms with Gasteiger partial charge in [0.15, 0.2) is 0 Å². The van der Waals surface area contributed by atoms with E-state index in [2.05, 4.69) is 26.1 Å². The lowest BCUT2D eigenvalue weighted by atomic mass is 10.1. The zero-order valence-electron chi connectivity index (χ0n) is 10.6. The highest BCUT2D eigenvalue weighted by molar-refractivity contribution is 9.10. The number of rotatable bonds is 5. The van der Waals surface area contributed by atoms with Crippen molar-refractivity contribution in [2.45, 2.75) is 25.7 Å². The lowest BCUT2D eigenvalue weighted by Crippen LogP contribution is -2.02. The van der Waals surface area contributed by atoms with Crippen molar-refractivity contribution in [1.29, 1.82) is 0 Å². The highest BCUT2D eigenvalue weighted by Gasteiger charge is 2.15. The first kappa shape index (κ1) is 14.1. The van der Waals surface area contributed by atoms with Gasteiger partial charge in [0.05, 0.1) is 4.47 Å². The molecule has 0 fully saturated rings. The SMILES string of the molecule is CC(CCCN)c1nc(-c2ccc(F)c(Br)c2)no1. The van der Waals surface area contributed by atoms with E-state index in [1.54, 1.807) is 12.1 Å². The maximum Gasteiger partial charge on any atom is 0.229 e. The highest BCUT2D eigenvalue weighted by atomic mass is 79.9. The molecule has 0 saturated carbocycles. The second-order valence-electron chi connectivity index (χ2n) is 4.42. The van der Waals surface area contributed by atoms with Crippen molar-refractivity contribution in [3.05, 3.63) is 34.4 Å².